The molecule has 0 N–H and O–H groups in total. The lowest BCUT2D eigenvalue weighted by molar-refractivity contribution is -0.00518. The zero-order valence-corrected chi connectivity index (χ0v) is 31.4. The van der Waals surface area contributed by atoms with Crippen LogP contribution in [0, 0.1) is 17.8 Å². The van der Waals surface area contributed by atoms with Crippen LogP contribution in [0.5, 0.6) is 0 Å². The van der Waals surface area contributed by atoms with Crippen LogP contribution in [0.1, 0.15) is 69.1 Å². The Morgan fingerprint density at radius 2 is 0.963 bits per heavy atom. The Hall–Kier alpha value is -5.40. The summed E-state index contributed by atoms with van der Waals surface area (Å²) in [6.07, 6.45) is 8.61. The van der Waals surface area contributed by atoms with Crippen LogP contribution in [0.3, 0.4) is 0 Å². The minimum absolute atomic E-state index is 0.0203. The molecule has 1 nitrogen and oxygen atoms in total. The summed E-state index contributed by atoms with van der Waals surface area (Å²) in [6.45, 7) is 4.74. The molecule has 12 rings (SSSR count). The van der Waals surface area contributed by atoms with Gasteiger partial charge in [-0.25, -0.2) is 0 Å². The third kappa shape index (κ3) is 4.97. The molecule has 0 amide bonds. The summed E-state index contributed by atoms with van der Waals surface area (Å²) in [5.41, 5.74) is 16.1. The fraction of sp³-hybridized carbons (Fsp3) is 0.245. The fourth-order valence-electron chi connectivity index (χ4n) is 12.0. The van der Waals surface area contributed by atoms with E-state index in [1.807, 2.05) is 0 Å². The van der Waals surface area contributed by atoms with E-state index in [0.717, 1.165) is 17.8 Å². The van der Waals surface area contributed by atoms with Crippen LogP contribution in [-0.4, -0.2) is 0 Å². The van der Waals surface area contributed by atoms with E-state index in [1.54, 1.807) is 5.56 Å². The first-order valence-electron chi connectivity index (χ1n) is 20.3. The van der Waals surface area contributed by atoms with Gasteiger partial charge in [-0.3, -0.25) is 0 Å². The Balaban J connectivity index is 1.02. The van der Waals surface area contributed by atoms with Gasteiger partial charge in [0.1, 0.15) is 0 Å². The van der Waals surface area contributed by atoms with Gasteiger partial charge < -0.3 is 4.90 Å². The maximum atomic E-state index is 2.50. The van der Waals surface area contributed by atoms with Crippen molar-refractivity contribution in [3.05, 3.63) is 174 Å². The molecule has 0 aliphatic heterocycles. The topological polar surface area (TPSA) is 3.24 Å². The zero-order valence-electron chi connectivity index (χ0n) is 31.4. The first kappa shape index (κ1) is 32.1. The van der Waals surface area contributed by atoms with E-state index in [0.29, 0.717) is 5.41 Å². The van der Waals surface area contributed by atoms with Gasteiger partial charge in [0.2, 0.25) is 0 Å². The highest BCUT2D eigenvalue weighted by Gasteiger charge is 2.51. The van der Waals surface area contributed by atoms with Gasteiger partial charge in [0, 0.05) is 22.5 Å². The van der Waals surface area contributed by atoms with Gasteiger partial charge in [0.25, 0.3) is 0 Å². The van der Waals surface area contributed by atoms with Crippen molar-refractivity contribution in [2.75, 3.05) is 4.90 Å². The average molecular weight is 698 g/mol. The molecule has 0 aromatic heterocycles. The van der Waals surface area contributed by atoms with Crippen LogP contribution in [-0.2, 0) is 10.8 Å². The van der Waals surface area contributed by atoms with Gasteiger partial charge in [-0.2, -0.15) is 0 Å². The quantitative estimate of drug-likeness (QED) is 0.167. The molecule has 54 heavy (non-hydrogen) atoms. The van der Waals surface area contributed by atoms with Crippen molar-refractivity contribution in [1.29, 1.82) is 0 Å². The van der Waals surface area contributed by atoms with Crippen molar-refractivity contribution >= 4 is 27.8 Å². The van der Waals surface area contributed by atoms with Crippen LogP contribution in [0.25, 0.3) is 44.2 Å². The normalized spacial score (nSPS) is 23.0. The minimum Gasteiger partial charge on any atom is -0.310 e. The van der Waals surface area contributed by atoms with Crippen LogP contribution >= 0.6 is 0 Å². The predicted molar refractivity (Wildman–Crippen MR) is 227 cm³/mol. The number of benzene rings is 7. The van der Waals surface area contributed by atoms with E-state index >= 15 is 0 Å². The Morgan fingerprint density at radius 1 is 0.444 bits per heavy atom. The smallest absolute Gasteiger partial charge is 0.0468 e. The van der Waals surface area contributed by atoms with Gasteiger partial charge in [0.15, 0.2) is 0 Å². The summed E-state index contributed by atoms with van der Waals surface area (Å²) >= 11 is 0. The third-order valence-electron chi connectivity index (χ3n) is 14.0. The Bertz CT molecular complexity index is 2500. The lowest BCUT2D eigenvalue weighted by atomic mass is 9.48. The van der Waals surface area contributed by atoms with E-state index in [-0.39, 0.29) is 5.41 Å². The number of hydrogen-bond donors (Lipinski definition) is 0. The molecule has 4 bridgehead atoms. The van der Waals surface area contributed by atoms with Crippen molar-refractivity contribution < 1.29 is 0 Å². The van der Waals surface area contributed by atoms with E-state index in [9.17, 15) is 0 Å². The maximum Gasteiger partial charge on any atom is 0.0468 e. The Morgan fingerprint density at radius 3 is 1.61 bits per heavy atom. The summed E-state index contributed by atoms with van der Waals surface area (Å²) in [4.78, 5) is 2.49. The van der Waals surface area contributed by atoms with Crippen molar-refractivity contribution in [3.63, 3.8) is 0 Å². The molecule has 5 aliphatic rings. The van der Waals surface area contributed by atoms with Gasteiger partial charge in [-0.1, -0.05) is 135 Å². The summed E-state index contributed by atoms with van der Waals surface area (Å²) in [6, 6.07) is 59.5. The molecule has 0 radical (unpaired) electrons. The number of fused-ring (bicyclic) bond motifs is 4. The Labute approximate surface area is 320 Å². The molecule has 7 aromatic carbocycles. The number of rotatable bonds is 6. The SMILES string of the molecule is CC1(C)c2ccccc2-c2cc(N(c3ccc(-c4cccc5cccc(-c6ccccc6)c45)cc3)c3ccc(C45CC6CC(CC(C6)C4)C5)cc3)ccc21. The van der Waals surface area contributed by atoms with Crippen molar-refractivity contribution in [3.8, 4) is 33.4 Å². The van der Waals surface area contributed by atoms with Gasteiger partial charge in [-0.15, -0.1) is 0 Å². The highest BCUT2D eigenvalue weighted by molar-refractivity contribution is 6.06. The van der Waals surface area contributed by atoms with Crippen molar-refractivity contribution in [2.45, 2.75) is 63.2 Å². The molecule has 0 unspecified atom stereocenters. The molecule has 0 heterocycles. The van der Waals surface area contributed by atoms with Crippen molar-refractivity contribution in [1.82, 2.24) is 0 Å². The second kappa shape index (κ2) is 12.1. The second-order valence-corrected chi connectivity index (χ2v) is 17.6. The molecule has 5 aliphatic carbocycles. The van der Waals surface area contributed by atoms with E-state index in [2.05, 4.69) is 176 Å². The van der Waals surface area contributed by atoms with E-state index < -0.39 is 0 Å². The van der Waals surface area contributed by atoms with Crippen molar-refractivity contribution in [2.24, 2.45) is 17.8 Å². The van der Waals surface area contributed by atoms with Crippen LogP contribution in [0.15, 0.2) is 158 Å². The summed E-state index contributed by atoms with van der Waals surface area (Å²) in [5, 5.41) is 2.57. The molecule has 1 heteroatoms. The summed E-state index contributed by atoms with van der Waals surface area (Å²) in [7, 11) is 0. The van der Waals surface area contributed by atoms with E-state index in [4.69, 9.17) is 0 Å². The van der Waals surface area contributed by atoms with Gasteiger partial charge in [-0.05, 0) is 159 Å². The molecule has 4 saturated carbocycles. The largest absolute Gasteiger partial charge is 0.310 e. The Kier molecular flexibility index (Phi) is 7.16. The van der Waals surface area contributed by atoms with Crippen LogP contribution in [0.2, 0.25) is 0 Å². The monoisotopic (exact) mass is 697 g/mol. The number of anilines is 3. The second-order valence-electron chi connectivity index (χ2n) is 17.6. The standard InChI is InChI=1S/C53H47N/c1-52(2)49-17-7-6-14-47(49)48-31-44(26-27-50(48)52)54(43-24-20-41(21-25-43)53-32-35-28-36(33-53)30-37(29-35)34-53)42-22-18-39(19-23-42)46-16-9-13-40-12-8-15-45(51(40)46)38-10-4-3-5-11-38/h3-27,31,35-37H,28-30,32-34H2,1-2H3. The maximum absolute atomic E-state index is 2.50. The lowest BCUT2D eigenvalue weighted by Gasteiger charge is -2.57. The fourth-order valence-corrected chi connectivity index (χ4v) is 12.0. The van der Waals surface area contributed by atoms with Gasteiger partial charge >= 0.3 is 0 Å². The molecule has 0 spiro atoms. The number of nitrogens with zero attached hydrogens (tertiary/aromatic N) is 1. The molecule has 7 aromatic rings. The lowest BCUT2D eigenvalue weighted by Crippen LogP contribution is -2.48. The summed E-state index contributed by atoms with van der Waals surface area (Å²) < 4.78 is 0. The molecule has 264 valence electrons. The molecular formula is C53H47N. The van der Waals surface area contributed by atoms with E-state index in [1.165, 1.54) is 111 Å². The average Bonchev–Trinajstić information content (AvgIpc) is 3.43. The minimum atomic E-state index is -0.0203. The summed E-state index contributed by atoms with van der Waals surface area (Å²) in [5.74, 6) is 2.82. The number of hydrogen-bond acceptors (Lipinski definition) is 1. The molecular weight excluding hydrogens is 651 g/mol. The first-order valence-corrected chi connectivity index (χ1v) is 20.3. The third-order valence-corrected chi connectivity index (χ3v) is 14.0. The van der Waals surface area contributed by atoms with Gasteiger partial charge in [0.05, 0.1) is 0 Å². The van der Waals surface area contributed by atoms with Crippen LogP contribution < -0.4 is 4.90 Å². The molecule has 0 atom stereocenters. The highest BCUT2D eigenvalue weighted by atomic mass is 15.1. The first-order chi connectivity index (χ1) is 26.4. The zero-order chi connectivity index (χ0) is 36.0. The molecule has 0 saturated heterocycles. The van der Waals surface area contributed by atoms with Crippen LogP contribution in [0.4, 0.5) is 17.1 Å². The molecule has 4 fully saturated rings. The highest BCUT2D eigenvalue weighted by Crippen LogP contribution is 2.61. The predicted octanol–water partition coefficient (Wildman–Crippen LogP) is 14.4.